The van der Waals surface area contributed by atoms with Crippen molar-refractivity contribution in [1.29, 1.82) is 0 Å². The predicted molar refractivity (Wildman–Crippen MR) is 97.9 cm³/mol. The van der Waals surface area contributed by atoms with Crippen molar-refractivity contribution in [3.05, 3.63) is 51.7 Å². The van der Waals surface area contributed by atoms with Gasteiger partial charge in [-0.3, -0.25) is 4.79 Å². The van der Waals surface area contributed by atoms with Crippen LogP contribution in [0.4, 0.5) is 0 Å². The van der Waals surface area contributed by atoms with E-state index >= 15 is 0 Å². The minimum Gasteiger partial charge on any atom is -0.465 e. The van der Waals surface area contributed by atoms with E-state index in [1.807, 2.05) is 19.1 Å². The number of rotatable bonds is 3. The maximum absolute atomic E-state index is 13.1. The largest absolute Gasteiger partial charge is 0.465 e. The molecule has 1 amide bonds. The zero-order valence-corrected chi connectivity index (χ0v) is 15.3. The van der Waals surface area contributed by atoms with Crippen molar-refractivity contribution in [2.24, 2.45) is 0 Å². The van der Waals surface area contributed by atoms with E-state index < -0.39 is 5.97 Å². The number of methoxy groups -OCH3 is 1. The lowest BCUT2D eigenvalue weighted by atomic mass is 9.94. The van der Waals surface area contributed by atoms with Crippen molar-refractivity contribution in [3.63, 3.8) is 0 Å². The van der Waals surface area contributed by atoms with Crippen molar-refractivity contribution >= 4 is 29.6 Å². The van der Waals surface area contributed by atoms with Crippen molar-refractivity contribution in [1.82, 2.24) is 4.90 Å². The fourth-order valence-corrected chi connectivity index (χ4v) is 3.83. The molecule has 1 fully saturated rings. The summed E-state index contributed by atoms with van der Waals surface area (Å²) in [6, 6.07) is 7.35. The molecule has 0 saturated heterocycles. The van der Waals surface area contributed by atoms with Gasteiger partial charge in [0.15, 0.2) is 0 Å². The Labute approximate surface area is 153 Å². The van der Waals surface area contributed by atoms with Gasteiger partial charge < -0.3 is 9.64 Å². The zero-order valence-electron chi connectivity index (χ0n) is 14.5. The first-order valence-electron chi connectivity index (χ1n) is 8.63. The first-order chi connectivity index (χ1) is 12.0. The Morgan fingerprint density at radius 2 is 1.84 bits per heavy atom. The van der Waals surface area contributed by atoms with E-state index in [1.54, 1.807) is 23.1 Å². The highest BCUT2D eigenvalue weighted by Crippen LogP contribution is 2.36. The normalized spacial score (nSPS) is 20.5. The highest BCUT2D eigenvalue weighted by molar-refractivity contribution is 6.30. The number of amides is 1. The summed E-state index contributed by atoms with van der Waals surface area (Å²) in [7, 11) is 1.34. The van der Waals surface area contributed by atoms with Gasteiger partial charge in [0.25, 0.3) is 5.91 Å². The molecule has 1 aromatic rings. The minimum absolute atomic E-state index is 0.111. The van der Waals surface area contributed by atoms with Crippen LogP contribution in [0.1, 0.15) is 44.6 Å². The zero-order chi connectivity index (χ0) is 18.0. The van der Waals surface area contributed by atoms with Gasteiger partial charge in [-0.1, -0.05) is 43.0 Å². The number of nitrogens with zero attached hydrogens (tertiary/aromatic N) is 1. The highest BCUT2D eigenvalue weighted by atomic mass is 35.5. The number of carbonyl (C=O) groups excluding carboxylic acids is 2. The smallest absolute Gasteiger partial charge is 0.340 e. The van der Waals surface area contributed by atoms with Gasteiger partial charge >= 0.3 is 5.97 Å². The molecule has 0 N–H and O–H groups in total. The molecule has 0 aromatic heterocycles. The number of allylic oxidation sites excluding steroid dienone is 1. The third kappa shape index (κ3) is 3.49. The molecule has 0 atom stereocenters. The number of esters is 1. The molecule has 132 valence electrons. The molecule has 0 spiro atoms. The van der Waals surface area contributed by atoms with Crippen LogP contribution in [-0.2, 0) is 14.3 Å². The van der Waals surface area contributed by atoms with Gasteiger partial charge in [0.2, 0.25) is 0 Å². The number of benzene rings is 1. The van der Waals surface area contributed by atoms with Gasteiger partial charge in [-0.15, -0.1) is 0 Å². The summed E-state index contributed by atoms with van der Waals surface area (Å²) in [5, 5.41) is 0.628. The van der Waals surface area contributed by atoms with Gasteiger partial charge in [0, 0.05) is 16.8 Å². The number of carbonyl (C=O) groups is 2. The van der Waals surface area contributed by atoms with Gasteiger partial charge in [-0.25, -0.2) is 4.79 Å². The van der Waals surface area contributed by atoms with Gasteiger partial charge in [0.1, 0.15) is 0 Å². The molecule has 5 heteroatoms. The fraction of sp³-hybridized carbons (Fsp3) is 0.400. The monoisotopic (exact) mass is 359 g/mol. The predicted octanol–water partition coefficient (Wildman–Crippen LogP) is 4.35. The van der Waals surface area contributed by atoms with E-state index in [-0.39, 0.29) is 11.9 Å². The van der Waals surface area contributed by atoms with Crippen LogP contribution in [0.2, 0.25) is 5.02 Å². The summed E-state index contributed by atoms with van der Waals surface area (Å²) >= 11 is 5.93. The average molecular weight is 360 g/mol. The Hall–Kier alpha value is -2.07. The second-order valence-corrected chi connectivity index (χ2v) is 6.96. The van der Waals surface area contributed by atoms with Crippen LogP contribution in [0.5, 0.6) is 0 Å². The molecule has 1 saturated carbocycles. The minimum atomic E-state index is -0.468. The lowest BCUT2D eigenvalue weighted by Gasteiger charge is -2.32. The summed E-state index contributed by atoms with van der Waals surface area (Å²) in [6.45, 7) is 1.83. The average Bonchev–Trinajstić information content (AvgIpc) is 2.87. The van der Waals surface area contributed by atoms with Crippen LogP contribution in [0.25, 0.3) is 6.08 Å². The summed E-state index contributed by atoms with van der Waals surface area (Å²) in [6.07, 6.45) is 7.14. The van der Waals surface area contributed by atoms with E-state index in [4.69, 9.17) is 16.3 Å². The Kier molecular flexibility index (Phi) is 5.28. The second-order valence-electron chi connectivity index (χ2n) is 6.53. The summed E-state index contributed by atoms with van der Waals surface area (Å²) in [5.41, 5.74) is 2.29. The molecule has 1 heterocycles. The third-order valence-corrected chi connectivity index (χ3v) is 5.20. The lowest BCUT2D eigenvalue weighted by molar-refractivity contribution is -0.136. The first kappa shape index (κ1) is 17.7. The maximum Gasteiger partial charge on any atom is 0.340 e. The van der Waals surface area contributed by atoms with Crippen molar-refractivity contribution in [3.8, 4) is 0 Å². The molecule has 1 aliphatic heterocycles. The number of halogens is 1. The molecule has 25 heavy (non-hydrogen) atoms. The summed E-state index contributed by atoms with van der Waals surface area (Å²) < 4.78 is 4.94. The summed E-state index contributed by atoms with van der Waals surface area (Å²) in [5.74, 6) is -0.580. The standard InChI is InChI=1S/C20H22ClNO3/c1-13-18(20(24)25-2)17(12-14-8-10-15(21)11-9-14)19(23)22(13)16-6-4-3-5-7-16/h8-12,16H,3-7H2,1-2H3. The van der Waals surface area contributed by atoms with Crippen molar-refractivity contribution in [2.45, 2.75) is 45.1 Å². The Bertz CT molecular complexity index is 743. The molecule has 1 aromatic carbocycles. The molecule has 4 nitrogen and oxygen atoms in total. The van der Waals surface area contributed by atoms with Crippen LogP contribution in [0.3, 0.4) is 0 Å². The van der Waals surface area contributed by atoms with Gasteiger partial charge in [-0.2, -0.15) is 0 Å². The molecule has 0 radical (unpaired) electrons. The van der Waals surface area contributed by atoms with Gasteiger partial charge in [-0.05, 0) is 43.5 Å². The van der Waals surface area contributed by atoms with Crippen molar-refractivity contribution in [2.75, 3.05) is 7.11 Å². The van der Waals surface area contributed by atoms with Gasteiger partial charge in [0.05, 0.1) is 18.3 Å². The Morgan fingerprint density at radius 3 is 2.44 bits per heavy atom. The number of ether oxygens (including phenoxy) is 1. The molecule has 0 unspecified atom stereocenters. The summed E-state index contributed by atoms with van der Waals surface area (Å²) in [4.78, 5) is 27.2. The highest BCUT2D eigenvalue weighted by Gasteiger charge is 2.40. The lowest BCUT2D eigenvalue weighted by Crippen LogP contribution is -2.37. The first-order valence-corrected chi connectivity index (χ1v) is 9.01. The number of hydrogen-bond acceptors (Lipinski definition) is 3. The van der Waals surface area contributed by atoms with Crippen LogP contribution in [0.15, 0.2) is 41.1 Å². The van der Waals surface area contributed by atoms with E-state index in [1.165, 1.54) is 13.5 Å². The molecular weight excluding hydrogens is 338 g/mol. The van der Waals surface area contributed by atoms with E-state index in [0.29, 0.717) is 21.9 Å². The Balaban J connectivity index is 2.02. The topological polar surface area (TPSA) is 46.6 Å². The number of hydrogen-bond donors (Lipinski definition) is 0. The van der Waals surface area contributed by atoms with Crippen LogP contribution < -0.4 is 0 Å². The second kappa shape index (κ2) is 7.44. The molecular formula is C20H22ClNO3. The molecule has 3 rings (SSSR count). The molecule has 0 bridgehead atoms. The van der Waals surface area contributed by atoms with Crippen LogP contribution >= 0.6 is 11.6 Å². The van der Waals surface area contributed by atoms with E-state index in [9.17, 15) is 9.59 Å². The fourth-order valence-electron chi connectivity index (χ4n) is 3.70. The third-order valence-electron chi connectivity index (χ3n) is 4.95. The molecule has 1 aliphatic carbocycles. The Morgan fingerprint density at radius 1 is 1.20 bits per heavy atom. The van der Waals surface area contributed by atoms with E-state index in [2.05, 4.69) is 0 Å². The SMILES string of the molecule is COC(=O)C1=C(C)N(C2CCCCC2)C(=O)C1=Cc1ccc(Cl)cc1. The van der Waals surface area contributed by atoms with Crippen LogP contribution in [-0.4, -0.2) is 29.9 Å². The van der Waals surface area contributed by atoms with Crippen LogP contribution in [0, 0.1) is 0 Å². The maximum atomic E-state index is 13.1. The van der Waals surface area contributed by atoms with Crippen molar-refractivity contribution < 1.29 is 14.3 Å². The van der Waals surface area contributed by atoms with E-state index in [0.717, 1.165) is 31.2 Å². The quantitative estimate of drug-likeness (QED) is 0.595. The molecule has 2 aliphatic rings.